The third-order valence-corrected chi connectivity index (χ3v) is 5.33. The lowest BCUT2D eigenvalue weighted by atomic mass is 10.1. The van der Waals surface area contributed by atoms with Crippen molar-refractivity contribution in [3.63, 3.8) is 0 Å². The highest BCUT2D eigenvalue weighted by molar-refractivity contribution is 9.10. The highest BCUT2D eigenvalue weighted by Crippen LogP contribution is 2.23. The quantitative estimate of drug-likeness (QED) is 0.627. The van der Waals surface area contributed by atoms with Gasteiger partial charge in [-0.1, -0.05) is 57.3 Å². The number of carbonyl (C=O) groups excluding carboxylic acids is 2. The minimum Gasteiger partial charge on any atom is -0.355 e. The summed E-state index contributed by atoms with van der Waals surface area (Å²) in [4.78, 5) is 26.9. The van der Waals surface area contributed by atoms with E-state index in [0.717, 1.165) is 15.6 Å². The van der Waals surface area contributed by atoms with Crippen LogP contribution in [0.4, 0.5) is 0 Å². The van der Waals surface area contributed by atoms with Gasteiger partial charge in [0.15, 0.2) is 0 Å². The smallest absolute Gasteiger partial charge is 0.242 e. The molecule has 0 aliphatic rings. The number of carbonyl (C=O) groups is 2. The fourth-order valence-corrected chi connectivity index (χ4v) is 3.43. The Morgan fingerprint density at radius 1 is 1.11 bits per heavy atom. The molecule has 0 fully saturated rings. The lowest BCUT2D eigenvalue weighted by Gasteiger charge is -2.29. The van der Waals surface area contributed by atoms with Crippen molar-refractivity contribution in [3.05, 3.63) is 68.1 Å². The van der Waals surface area contributed by atoms with Gasteiger partial charge in [-0.25, -0.2) is 0 Å². The average molecular weight is 472 g/mol. The Labute approximate surface area is 178 Å². The first kappa shape index (κ1) is 21.7. The van der Waals surface area contributed by atoms with Crippen molar-refractivity contribution in [1.82, 2.24) is 10.2 Å². The number of halogens is 3. The largest absolute Gasteiger partial charge is 0.355 e. The van der Waals surface area contributed by atoms with Gasteiger partial charge in [0.2, 0.25) is 11.8 Å². The zero-order valence-corrected chi connectivity index (χ0v) is 18.2. The molecule has 2 aromatic carbocycles. The van der Waals surface area contributed by atoms with Crippen LogP contribution in [-0.4, -0.2) is 29.3 Å². The highest BCUT2D eigenvalue weighted by atomic mass is 79.9. The van der Waals surface area contributed by atoms with Crippen molar-refractivity contribution < 1.29 is 9.59 Å². The number of benzene rings is 2. The minimum absolute atomic E-state index is 0.134. The predicted octanol–water partition coefficient (Wildman–Crippen LogP) is 4.85. The summed E-state index contributed by atoms with van der Waals surface area (Å²) in [6.45, 7) is 4.42. The van der Waals surface area contributed by atoms with E-state index in [0.29, 0.717) is 23.1 Å². The SMILES string of the molecule is CCNC(=O)C(C)N(Cc1cccc(Br)c1)C(=O)Cc1ccc(Cl)c(Cl)c1. The molecule has 27 heavy (non-hydrogen) atoms. The van der Waals surface area contributed by atoms with E-state index in [-0.39, 0.29) is 18.2 Å². The molecule has 0 spiro atoms. The Morgan fingerprint density at radius 3 is 2.48 bits per heavy atom. The molecule has 144 valence electrons. The standard InChI is InChI=1S/C20H21BrCl2N2O2/c1-3-24-20(27)13(2)25(12-15-5-4-6-16(21)9-15)19(26)11-14-7-8-17(22)18(23)10-14/h4-10,13H,3,11-12H2,1-2H3,(H,24,27). The number of amides is 2. The van der Waals surface area contributed by atoms with Crippen molar-refractivity contribution in [2.45, 2.75) is 32.9 Å². The van der Waals surface area contributed by atoms with Crippen LogP contribution in [0.2, 0.25) is 10.0 Å². The molecule has 7 heteroatoms. The van der Waals surface area contributed by atoms with Gasteiger partial charge in [0, 0.05) is 17.6 Å². The summed E-state index contributed by atoms with van der Waals surface area (Å²) in [7, 11) is 0. The normalized spacial score (nSPS) is 11.7. The molecule has 1 unspecified atom stereocenters. The second-order valence-electron chi connectivity index (χ2n) is 6.15. The Balaban J connectivity index is 2.25. The van der Waals surface area contributed by atoms with Gasteiger partial charge in [-0.05, 0) is 49.2 Å². The van der Waals surface area contributed by atoms with E-state index in [4.69, 9.17) is 23.2 Å². The van der Waals surface area contributed by atoms with Crippen molar-refractivity contribution in [2.24, 2.45) is 0 Å². The number of rotatable bonds is 7. The number of nitrogens with zero attached hydrogens (tertiary/aromatic N) is 1. The molecule has 2 rings (SSSR count). The molecule has 4 nitrogen and oxygen atoms in total. The molecule has 0 heterocycles. The molecule has 2 amide bonds. The molecule has 0 aliphatic carbocycles. The molecule has 0 radical (unpaired) electrons. The first-order chi connectivity index (χ1) is 12.8. The summed E-state index contributed by atoms with van der Waals surface area (Å²) >= 11 is 15.4. The average Bonchev–Trinajstić information content (AvgIpc) is 2.62. The lowest BCUT2D eigenvalue weighted by Crippen LogP contribution is -2.48. The maximum atomic E-state index is 13.0. The summed E-state index contributed by atoms with van der Waals surface area (Å²) in [5.41, 5.74) is 1.68. The first-order valence-corrected chi connectivity index (χ1v) is 10.1. The predicted molar refractivity (Wildman–Crippen MR) is 113 cm³/mol. The van der Waals surface area contributed by atoms with E-state index in [2.05, 4.69) is 21.2 Å². The fourth-order valence-electron chi connectivity index (χ4n) is 2.66. The van der Waals surface area contributed by atoms with Gasteiger partial charge in [-0.2, -0.15) is 0 Å². The van der Waals surface area contributed by atoms with Gasteiger partial charge in [0.05, 0.1) is 16.5 Å². The Bertz CT molecular complexity index is 829. The van der Waals surface area contributed by atoms with Crippen LogP contribution in [0.25, 0.3) is 0 Å². The summed E-state index contributed by atoms with van der Waals surface area (Å²) in [6, 6.07) is 12.2. The molecule has 0 saturated heterocycles. The van der Waals surface area contributed by atoms with Crippen LogP contribution < -0.4 is 5.32 Å². The van der Waals surface area contributed by atoms with Gasteiger partial charge in [-0.3, -0.25) is 9.59 Å². The van der Waals surface area contributed by atoms with Crippen molar-refractivity contribution in [1.29, 1.82) is 0 Å². The Morgan fingerprint density at radius 2 is 1.85 bits per heavy atom. The van der Waals surface area contributed by atoms with Gasteiger partial charge >= 0.3 is 0 Å². The van der Waals surface area contributed by atoms with Gasteiger partial charge in [0.25, 0.3) is 0 Å². The number of hydrogen-bond donors (Lipinski definition) is 1. The van der Waals surface area contributed by atoms with Gasteiger partial charge in [0.1, 0.15) is 6.04 Å². The topological polar surface area (TPSA) is 49.4 Å². The molecule has 1 N–H and O–H groups in total. The zero-order chi connectivity index (χ0) is 20.0. The lowest BCUT2D eigenvalue weighted by molar-refractivity contribution is -0.140. The molecule has 0 aromatic heterocycles. The van der Waals surface area contributed by atoms with Gasteiger partial charge < -0.3 is 10.2 Å². The van der Waals surface area contributed by atoms with E-state index in [1.807, 2.05) is 31.2 Å². The summed E-state index contributed by atoms with van der Waals surface area (Å²) < 4.78 is 0.919. The Hall–Kier alpha value is -1.56. The summed E-state index contributed by atoms with van der Waals surface area (Å²) in [5.74, 6) is -0.345. The maximum absolute atomic E-state index is 13.0. The number of nitrogens with one attached hydrogen (secondary N) is 1. The third kappa shape index (κ3) is 6.23. The molecule has 0 saturated carbocycles. The molecule has 0 bridgehead atoms. The third-order valence-electron chi connectivity index (χ3n) is 4.10. The maximum Gasteiger partial charge on any atom is 0.242 e. The van der Waals surface area contributed by atoms with Gasteiger partial charge in [-0.15, -0.1) is 0 Å². The fraction of sp³-hybridized carbons (Fsp3) is 0.300. The van der Waals surface area contributed by atoms with E-state index >= 15 is 0 Å². The van der Waals surface area contributed by atoms with Crippen LogP contribution >= 0.6 is 39.1 Å². The number of likely N-dealkylation sites (N-methyl/N-ethyl adjacent to an activating group) is 1. The van der Waals surface area contributed by atoms with E-state index < -0.39 is 6.04 Å². The van der Waals surface area contributed by atoms with E-state index in [1.54, 1.807) is 30.0 Å². The van der Waals surface area contributed by atoms with Crippen LogP contribution in [0.3, 0.4) is 0 Å². The monoisotopic (exact) mass is 470 g/mol. The van der Waals surface area contributed by atoms with E-state index in [1.165, 1.54) is 0 Å². The number of hydrogen-bond acceptors (Lipinski definition) is 2. The summed E-state index contributed by atoms with van der Waals surface area (Å²) in [6.07, 6.45) is 0.134. The van der Waals surface area contributed by atoms with Crippen LogP contribution in [0.15, 0.2) is 46.9 Å². The molecule has 1 atom stereocenters. The molecular weight excluding hydrogens is 451 g/mol. The van der Waals surface area contributed by atoms with Crippen LogP contribution in [0.1, 0.15) is 25.0 Å². The van der Waals surface area contributed by atoms with Crippen molar-refractivity contribution >= 4 is 50.9 Å². The van der Waals surface area contributed by atoms with Crippen molar-refractivity contribution in [2.75, 3.05) is 6.54 Å². The highest BCUT2D eigenvalue weighted by Gasteiger charge is 2.26. The molecule has 0 aliphatic heterocycles. The minimum atomic E-state index is -0.598. The first-order valence-electron chi connectivity index (χ1n) is 8.57. The van der Waals surface area contributed by atoms with Crippen LogP contribution in [-0.2, 0) is 22.6 Å². The second-order valence-corrected chi connectivity index (χ2v) is 7.88. The Kier molecular flexibility index (Phi) is 8.14. The zero-order valence-electron chi connectivity index (χ0n) is 15.1. The van der Waals surface area contributed by atoms with Crippen molar-refractivity contribution in [3.8, 4) is 0 Å². The summed E-state index contributed by atoms with van der Waals surface area (Å²) in [5, 5.41) is 3.62. The van der Waals surface area contributed by atoms with E-state index in [9.17, 15) is 9.59 Å². The molecular formula is C20H21BrCl2N2O2. The molecule has 2 aromatic rings. The second kappa shape index (κ2) is 10.1. The van der Waals surface area contributed by atoms with Crippen LogP contribution in [0.5, 0.6) is 0 Å². The van der Waals surface area contributed by atoms with Crippen LogP contribution in [0, 0.1) is 0 Å².